The molecule has 4 heteroatoms. The molecule has 2 unspecified atom stereocenters. The van der Waals surface area contributed by atoms with Crippen LogP contribution in [0.15, 0.2) is 24.3 Å². The van der Waals surface area contributed by atoms with Crippen molar-refractivity contribution in [1.29, 1.82) is 0 Å². The van der Waals surface area contributed by atoms with E-state index < -0.39 is 12.0 Å². The fourth-order valence-corrected chi connectivity index (χ4v) is 2.10. The van der Waals surface area contributed by atoms with E-state index >= 15 is 0 Å². The van der Waals surface area contributed by atoms with Crippen molar-refractivity contribution in [2.45, 2.75) is 51.6 Å². The van der Waals surface area contributed by atoms with Crippen molar-refractivity contribution in [2.75, 3.05) is 5.73 Å². The van der Waals surface area contributed by atoms with Crippen molar-refractivity contribution < 1.29 is 9.90 Å². The van der Waals surface area contributed by atoms with Crippen molar-refractivity contribution in [3.63, 3.8) is 0 Å². The molecule has 19 heavy (non-hydrogen) atoms. The van der Waals surface area contributed by atoms with E-state index in [1.807, 2.05) is 31.2 Å². The molecule has 0 spiro atoms. The van der Waals surface area contributed by atoms with Gasteiger partial charge in [0, 0.05) is 11.7 Å². The van der Waals surface area contributed by atoms with E-state index in [0.29, 0.717) is 6.42 Å². The summed E-state index contributed by atoms with van der Waals surface area (Å²) >= 11 is 0. The van der Waals surface area contributed by atoms with Gasteiger partial charge in [0.1, 0.15) is 6.04 Å². The molecule has 0 heterocycles. The van der Waals surface area contributed by atoms with Crippen LogP contribution < -0.4 is 11.1 Å². The highest BCUT2D eigenvalue weighted by Crippen LogP contribution is 2.09. The maximum absolute atomic E-state index is 11.2. The fraction of sp³-hybridized carbons (Fsp3) is 0.533. The average molecular weight is 264 g/mol. The maximum atomic E-state index is 11.2. The van der Waals surface area contributed by atoms with Crippen LogP contribution in [0.3, 0.4) is 0 Å². The number of unbranched alkanes of at least 4 members (excludes halogenated alkanes) is 1. The number of nitrogen functional groups attached to an aromatic ring is 1. The van der Waals surface area contributed by atoms with E-state index in [1.165, 1.54) is 0 Å². The van der Waals surface area contributed by atoms with Crippen molar-refractivity contribution >= 4 is 11.7 Å². The Morgan fingerprint density at radius 2 is 2.00 bits per heavy atom. The molecule has 0 fully saturated rings. The Morgan fingerprint density at radius 3 is 2.53 bits per heavy atom. The van der Waals surface area contributed by atoms with Gasteiger partial charge in [0.2, 0.25) is 0 Å². The summed E-state index contributed by atoms with van der Waals surface area (Å²) in [5.41, 5.74) is 7.55. The summed E-state index contributed by atoms with van der Waals surface area (Å²) in [6, 6.07) is 7.37. The number of hydrogen-bond acceptors (Lipinski definition) is 3. The van der Waals surface area contributed by atoms with Gasteiger partial charge in [-0.2, -0.15) is 0 Å². The minimum absolute atomic E-state index is 0.126. The van der Waals surface area contributed by atoms with Gasteiger partial charge in [-0.15, -0.1) is 0 Å². The number of rotatable bonds is 8. The molecule has 0 radical (unpaired) electrons. The normalized spacial score (nSPS) is 14.0. The summed E-state index contributed by atoms with van der Waals surface area (Å²) in [4.78, 5) is 11.2. The maximum Gasteiger partial charge on any atom is 0.320 e. The lowest BCUT2D eigenvalue weighted by Gasteiger charge is -2.20. The molecule has 0 aromatic heterocycles. The van der Waals surface area contributed by atoms with Crippen LogP contribution in [0.5, 0.6) is 0 Å². The van der Waals surface area contributed by atoms with E-state index in [0.717, 1.165) is 30.5 Å². The largest absolute Gasteiger partial charge is 0.480 e. The molecule has 0 aliphatic carbocycles. The number of nitrogens with two attached hydrogens (primary N) is 1. The predicted octanol–water partition coefficient (Wildman–Crippen LogP) is 2.43. The summed E-state index contributed by atoms with van der Waals surface area (Å²) in [6.45, 7) is 4.08. The quantitative estimate of drug-likeness (QED) is 0.630. The molecule has 0 bridgehead atoms. The number of anilines is 1. The highest BCUT2D eigenvalue weighted by Gasteiger charge is 2.18. The third-order valence-electron chi connectivity index (χ3n) is 3.15. The summed E-state index contributed by atoms with van der Waals surface area (Å²) in [5.74, 6) is -0.766. The Labute approximate surface area is 115 Å². The van der Waals surface area contributed by atoms with Crippen LogP contribution in [0.25, 0.3) is 0 Å². The zero-order chi connectivity index (χ0) is 14.3. The number of carboxylic acids is 1. The highest BCUT2D eigenvalue weighted by molar-refractivity contribution is 5.73. The van der Waals surface area contributed by atoms with E-state index in [1.54, 1.807) is 0 Å². The van der Waals surface area contributed by atoms with Crippen LogP contribution >= 0.6 is 0 Å². The molecule has 0 aliphatic heterocycles. The molecular weight excluding hydrogens is 240 g/mol. The monoisotopic (exact) mass is 264 g/mol. The van der Waals surface area contributed by atoms with Crippen molar-refractivity contribution in [2.24, 2.45) is 0 Å². The van der Waals surface area contributed by atoms with Crippen LogP contribution in [0.4, 0.5) is 5.69 Å². The Balaban J connectivity index is 2.49. The number of aliphatic carboxylic acids is 1. The van der Waals surface area contributed by atoms with E-state index in [9.17, 15) is 9.90 Å². The van der Waals surface area contributed by atoms with Crippen LogP contribution in [-0.2, 0) is 11.2 Å². The molecular formula is C15H24N2O2. The summed E-state index contributed by atoms with van der Waals surface area (Å²) in [6.07, 6.45) is 3.42. The molecule has 1 aromatic rings. The SMILES string of the molecule is CCCCC(NC(C)Cc1ccc(N)cc1)C(=O)O. The first-order valence-electron chi connectivity index (χ1n) is 6.86. The van der Waals surface area contributed by atoms with Gasteiger partial charge in [0.25, 0.3) is 0 Å². The van der Waals surface area contributed by atoms with Gasteiger partial charge in [0.05, 0.1) is 0 Å². The van der Waals surface area contributed by atoms with Gasteiger partial charge in [-0.1, -0.05) is 31.9 Å². The number of nitrogens with one attached hydrogen (secondary N) is 1. The Hall–Kier alpha value is -1.55. The predicted molar refractivity (Wildman–Crippen MR) is 78.1 cm³/mol. The van der Waals surface area contributed by atoms with Crippen LogP contribution in [-0.4, -0.2) is 23.2 Å². The zero-order valence-electron chi connectivity index (χ0n) is 11.7. The first-order chi connectivity index (χ1) is 9.02. The number of carboxylic acid groups (broad SMARTS) is 1. The Morgan fingerprint density at radius 1 is 1.37 bits per heavy atom. The molecule has 106 valence electrons. The molecule has 0 amide bonds. The molecule has 2 atom stereocenters. The molecule has 0 aliphatic rings. The first-order valence-corrected chi connectivity index (χ1v) is 6.86. The lowest BCUT2D eigenvalue weighted by molar-refractivity contribution is -0.139. The second-order valence-electron chi connectivity index (χ2n) is 5.05. The minimum Gasteiger partial charge on any atom is -0.480 e. The van der Waals surface area contributed by atoms with E-state index in [4.69, 9.17) is 5.73 Å². The van der Waals surface area contributed by atoms with Gasteiger partial charge < -0.3 is 16.2 Å². The molecule has 1 aromatic carbocycles. The van der Waals surface area contributed by atoms with Gasteiger partial charge in [0.15, 0.2) is 0 Å². The number of benzene rings is 1. The molecule has 0 saturated heterocycles. The second-order valence-corrected chi connectivity index (χ2v) is 5.05. The third-order valence-corrected chi connectivity index (χ3v) is 3.15. The molecule has 0 saturated carbocycles. The smallest absolute Gasteiger partial charge is 0.320 e. The van der Waals surface area contributed by atoms with Crippen molar-refractivity contribution in [3.8, 4) is 0 Å². The van der Waals surface area contributed by atoms with Crippen LogP contribution in [0, 0.1) is 0 Å². The molecule has 1 rings (SSSR count). The zero-order valence-corrected chi connectivity index (χ0v) is 11.7. The van der Waals surface area contributed by atoms with Crippen LogP contribution in [0.1, 0.15) is 38.7 Å². The first kappa shape index (κ1) is 15.5. The molecule has 4 N–H and O–H groups in total. The van der Waals surface area contributed by atoms with Gasteiger partial charge in [-0.05, 0) is 37.5 Å². The Kier molecular flexibility index (Phi) is 6.36. The topological polar surface area (TPSA) is 75.3 Å². The minimum atomic E-state index is -0.766. The number of hydrogen-bond donors (Lipinski definition) is 3. The standard InChI is InChI=1S/C15H24N2O2/c1-3-4-5-14(15(18)19)17-11(2)10-12-6-8-13(16)9-7-12/h6-9,11,14,17H,3-5,10,16H2,1-2H3,(H,18,19). The van der Waals surface area contributed by atoms with Gasteiger partial charge in [-0.25, -0.2) is 0 Å². The van der Waals surface area contributed by atoms with Gasteiger partial charge in [-0.3, -0.25) is 4.79 Å². The summed E-state index contributed by atoms with van der Waals surface area (Å²) < 4.78 is 0. The van der Waals surface area contributed by atoms with Crippen molar-refractivity contribution in [3.05, 3.63) is 29.8 Å². The fourth-order valence-electron chi connectivity index (χ4n) is 2.10. The van der Waals surface area contributed by atoms with E-state index in [2.05, 4.69) is 12.2 Å². The molecule has 4 nitrogen and oxygen atoms in total. The average Bonchev–Trinajstić information content (AvgIpc) is 2.37. The van der Waals surface area contributed by atoms with E-state index in [-0.39, 0.29) is 6.04 Å². The second kappa shape index (κ2) is 7.79. The highest BCUT2D eigenvalue weighted by atomic mass is 16.4. The third kappa shape index (κ3) is 5.75. The summed E-state index contributed by atoms with van der Waals surface area (Å²) in [7, 11) is 0. The Bertz CT molecular complexity index is 390. The van der Waals surface area contributed by atoms with Crippen LogP contribution in [0.2, 0.25) is 0 Å². The lowest BCUT2D eigenvalue weighted by Crippen LogP contribution is -2.42. The van der Waals surface area contributed by atoms with Gasteiger partial charge >= 0.3 is 5.97 Å². The summed E-state index contributed by atoms with van der Waals surface area (Å²) in [5, 5.41) is 12.4. The van der Waals surface area contributed by atoms with Crippen molar-refractivity contribution in [1.82, 2.24) is 5.32 Å². The number of carbonyl (C=O) groups is 1. The lowest BCUT2D eigenvalue weighted by atomic mass is 10.0.